The highest BCUT2D eigenvalue weighted by atomic mass is 16.6. The molecule has 0 N–H and O–H groups in total. The van der Waals surface area contributed by atoms with Crippen LogP contribution in [0.2, 0.25) is 0 Å². The minimum Gasteiger partial charge on any atom is -0.462 e. The highest BCUT2D eigenvalue weighted by Gasteiger charge is 2.19. The Balaban J connectivity index is 4.46. The maximum atomic E-state index is 12.8. The van der Waals surface area contributed by atoms with Crippen molar-refractivity contribution in [1.82, 2.24) is 0 Å². The fraction of sp³-hybridized carbons (Fsp3) is 0.661. The zero-order chi connectivity index (χ0) is 45.1. The fourth-order valence-corrected chi connectivity index (χ4v) is 6.54. The highest BCUT2D eigenvalue weighted by molar-refractivity contribution is 5.71. The molecule has 1 atom stereocenters. The van der Waals surface area contributed by atoms with Gasteiger partial charge in [0, 0.05) is 19.3 Å². The average Bonchev–Trinajstić information content (AvgIpc) is 3.27. The van der Waals surface area contributed by atoms with Crippen LogP contribution in [0.3, 0.4) is 0 Å². The van der Waals surface area contributed by atoms with E-state index >= 15 is 0 Å². The molecule has 0 aliphatic heterocycles. The number of carbonyl (C=O) groups excluding carboxylic acids is 3. The van der Waals surface area contributed by atoms with E-state index in [-0.39, 0.29) is 31.1 Å². The van der Waals surface area contributed by atoms with Crippen molar-refractivity contribution in [3.05, 3.63) is 97.2 Å². The Kier molecular flexibility index (Phi) is 47.0. The summed E-state index contributed by atoms with van der Waals surface area (Å²) in [6.07, 6.45) is 65.3. The molecule has 0 fully saturated rings. The summed E-state index contributed by atoms with van der Waals surface area (Å²) in [5.41, 5.74) is 0. The quantitative estimate of drug-likeness (QED) is 0.0263. The van der Waals surface area contributed by atoms with Crippen molar-refractivity contribution in [2.45, 2.75) is 226 Å². The molecule has 0 aliphatic carbocycles. The Morgan fingerprint density at radius 3 is 1.00 bits per heavy atom. The molecule has 62 heavy (non-hydrogen) atoms. The predicted molar refractivity (Wildman–Crippen MR) is 265 cm³/mol. The van der Waals surface area contributed by atoms with Crippen molar-refractivity contribution < 1.29 is 28.6 Å². The lowest BCUT2D eigenvalue weighted by Crippen LogP contribution is -2.30. The number of unbranched alkanes of at least 4 members (excludes halogenated alkanes) is 17. The Labute approximate surface area is 381 Å². The molecule has 6 nitrogen and oxygen atoms in total. The van der Waals surface area contributed by atoms with Gasteiger partial charge in [0.25, 0.3) is 0 Å². The third kappa shape index (κ3) is 47.4. The first-order chi connectivity index (χ1) is 30.5. The summed E-state index contributed by atoms with van der Waals surface area (Å²) in [4.78, 5) is 37.9. The van der Waals surface area contributed by atoms with E-state index in [1.54, 1.807) is 0 Å². The van der Waals surface area contributed by atoms with Gasteiger partial charge in [0.1, 0.15) is 13.2 Å². The first kappa shape index (κ1) is 58.3. The number of rotatable bonds is 44. The molecule has 0 aliphatic rings. The van der Waals surface area contributed by atoms with Crippen molar-refractivity contribution in [2.24, 2.45) is 0 Å². The molecule has 0 radical (unpaired) electrons. The van der Waals surface area contributed by atoms with Crippen LogP contribution in [-0.4, -0.2) is 37.2 Å². The normalized spacial score (nSPS) is 12.9. The van der Waals surface area contributed by atoms with Crippen LogP contribution in [-0.2, 0) is 28.6 Å². The Morgan fingerprint density at radius 2 is 0.629 bits per heavy atom. The van der Waals surface area contributed by atoms with E-state index in [9.17, 15) is 14.4 Å². The van der Waals surface area contributed by atoms with Gasteiger partial charge in [0.05, 0.1) is 0 Å². The monoisotopic (exact) mass is 861 g/mol. The molecule has 352 valence electrons. The number of hydrogen-bond donors (Lipinski definition) is 0. The minimum atomic E-state index is -0.801. The van der Waals surface area contributed by atoms with Crippen molar-refractivity contribution in [2.75, 3.05) is 13.2 Å². The third-order valence-electron chi connectivity index (χ3n) is 10.3. The summed E-state index contributed by atoms with van der Waals surface area (Å²) in [5.74, 6) is -0.957. The zero-order valence-electron chi connectivity index (χ0n) is 40.1. The predicted octanol–water partition coefficient (Wildman–Crippen LogP) is 16.6. The van der Waals surface area contributed by atoms with Crippen molar-refractivity contribution >= 4 is 17.9 Å². The van der Waals surface area contributed by atoms with Gasteiger partial charge in [-0.15, -0.1) is 0 Å². The van der Waals surface area contributed by atoms with E-state index in [0.717, 1.165) is 135 Å². The van der Waals surface area contributed by atoms with Crippen LogP contribution >= 0.6 is 0 Å². The number of esters is 3. The number of allylic oxidation sites excluding steroid dienone is 16. The van der Waals surface area contributed by atoms with Crippen LogP contribution in [0.1, 0.15) is 220 Å². The molecule has 0 saturated heterocycles. The van der Waals surface area contributed by atoms with Crippen LogP contribution in [0, 0.1) is 0 Å². The molecule has 0 aromatic rings. The van der Waals surface area contributed by atoms with Gasteiger partial charge in [-0.1, -0.05) is 189 Å². The lowest BCUT2D eigenvalue weighted by molar-refractivity contribution is -0.167. The third-order valence-corrected chi connectivity index (χ3v) is 10.3. The summed E-state index contributed by atoms with van der Waals surface area (Å²) in [6.45, 7) is 6.31. The highest BCUT2D eigenvalue weighted by Crippen LogP contribution is 2.13. The van der Waals surface area contributed by atoms with Crippen LogP contribution in [0.15, 0.2) is 97.2 Å². The first-order valence-corrected chi connectivity index (χ1v) is 25.2. The number of carbonyl (C=O) groups is 3. The van der Waals surface area contributed by atoms with Crippen molar-refractivity contribution in [3.63, 3.8) is 0 Å². The lowest BCUT2D eigenvalue weighted by atomic mass is 10.1. The molecule has 0 bridgehead atoms. The van der Waals surface area contributed by atoms with Gasteiger partial charge >= 0.3 is 17.9 Å². The minimum absolute atomic E-state index is 0.0993. The summed E-state index contributed by atoms with van der Waals surface area (Å²) in [7, 11) is 0. The smallest absolute Gasteiger partial charge is 0.306 e. The molecule has 0 amide bonds. The first-order valence-electron chi connectivity index (χ1n) is 25.2. The van der Waals surface area contributed by atoms with E-state index in [1.807, 2.05) is 0 Å². The summed E-state index contributed by atoms with van der Waals surface area (Å²) in [5, 5.41) is 0. The van der Waals surface area contributed by atoms with Crippen LogP contribution in [0.4, 0.5) is 0 Å². The molecule has 0 aromatic carbocycles. The molecule has 0 saturated carbocycles. The summed E-state index contributed by atoms with van der Waals surface area (Å²) >= 11 is 0. The Bertz CT molecular complexity index is 1260. The fourth-order valence-electron chi connectivity index (χ4n) is 6.54. The molecular formula is C56H92O6. The Hall–Kier alpha value is -3.67. The van der Waals surface area contributed by atoms with Gasteiger partial charge < -0.3 is 14.2 Å². The van der Waals surface area contributed by atoms with Gasteiger partial charge in [-0.3, -0.25) is 14.4 Å². The maximum Gasteiger partial charge on any atom is 0.306 e. The van der Waals surface area contributed by atoms with Gasteiger partial charge in [0.2, 0.25) is 0 Å². The summed E-state index contributed by atoms with van der Waals surface area (Å²) < 4.78 is 16.7. The van der Waals surface area contributed by atoms with Crippen LogP contribution < -0.4 is 0 Å². The topological polar surface area (TPSA) is 78.9 Å². The second kappa shape index (κ2) is 50.0. The molecular weight excluding hydrogens is 769 g/mol. The van der Waals surface area contributed by atoms with E-state index in [0.29, 0.717) is 19.3 Å². The van der Waals surface area contributed by atoms with E-state index in [1.165, 1.54) is 44.9 Å². The Morgan fingerprint density at radius 1 is 0.339 bits per heavy atom. The number of hydrogen-bond acceptors (Lipinski definition) is 6. The SMILES string of the molecule is CC/C=C\C/C=C\C/C=C\CCCCCCCCCC(=O)OCC(COC(=O)CCCCC/C=C\C/C=C\C/C=C\CC)OC(=O)CCCCCCC/C=C\C/C=C\CCCC. The molecule has 0 heterocycles. The second-order valence-electron chi connectivity index (χ2n) is 16.3. The van der Waals surface area contributed by atoms with Crippen LogP contribution in [0.5, 0.6) is 0 Å². The van der Waals surface area contributed by atoms with E-state index in [2.05, 4.69) is 118 Å². The second-order valence-corrected chi connectivity index (χ2v) is 16.3. The van der Waals surface area contributed by atoms with Gasteiger partial charge in [0.15, 0.2) is 6.10 Å². The maximum absolute atomic E-state index is 12.8. The summed E-state index contributed by atoms with van der Waals surface area (Å²) in [6, 6.07) is 0. The lowest BCUT2D eigenvalue weighted by Gasteiger charge is -2.18. The van der Waals surface area contributed by atoms with Crippen LogP contribution in [0.25, 0.3) is 0 Å². The van der Waals surface area contributed by atoms with Gasteiger partial charge in [-0.25, -0.2) is 0 Å². The molecule has 0 spiro atoms. The number of ether oxygens (including phenoxy) is 3. The van der Waals surface area contributed by atoms with Crippen molar-refractivity contribution in [3.8, 4) is 0 Å². The van der Waals surface area contributed by atoms with Gasteiger partial charge in [-0.2, -0.15) is 0 Å². The van der Waals surface area contributed by atoms with E-state index in [4.69, 9.17) is 14.2 Å². The van der Waals surface area contributed by atoms with Crippen molar-refractivity contribution in [1.29, 1.82) is 0 Å². The van der Waals surface area contributed by atoms with E-state index < -0.39 is 6.10 Å². The zero-order valence-corrected chi connectivity index (χ0v) is 40.1. The standard InChI is InChI=1S/C56H92O6/c1-4-7-10-13-16-19-22-25-27-28-29-32-34-37-40-43-46-49-55(58)61-52-53(51-60-54(57)48-45-42-39-36-33-30-24-21-18-15-12-9-6-3)62-56(59)50-47-44-41-38-35-31-26-23-20-17-14-11-8-5-2/h7,9-10,12,14,16-19,21,23,25-27,30,33,53H,4-6,8,11,13,15,20,22,24,28-29,31-32,34-52H2,1-3H3/b10-7-,12-9-,17-14-,19-16-,21-18-,26-23-,27-25-,33-30-. The molecule has 1 unspecified atom stereocenters. The largest absolute Gasteiger partial charge is 0.462 e. The molecule has 6 heteroatoms. The molecule has 0 aromatic heterocycles. The van der Waals surface area contributed by atoms with Gasteiger partial charge in [-0.05, 0) is 109 Å². The average molecular weight is 861 g/mol. The molecule has 0 rings (SSSR count).